The summed E-state index contributed by atoms with van der Waals surface area (Å²) in [5, 5.41) is 9.42. The first-order valence-corrected chi connectivity index (χ1v) is 6.16. The Morgan fingerprint density at radius 3 is 2.70 bits per heavy atom. The quantitative estimate of drug-likeness (QED) is 0.931. The maximum Gasteiger partial charge on any atom is 0.335 e. The lowest BCUT2D eigenvalue weighted by atomic mass is 10.1. The molecule has 1 saturated carbocycles. The molecule has 0 aliphatic heterocycles. The van der Waals surface area contributed by atoms with Crippen LogP contribution in [0.15, 0.2) is 24.4 Å². The number of carbonyl (C=O) groups is 1. The van der Waals surface area contributed by atoms with Gasteiger partial charge in [0.25, 0.3) is 6.43 Å². The van der Waals surface area contributed by atoms with E-state index in [-0.39, 0.29) is 17.2 Å². The van der Waals surface area contributed by atoms with Crippen LogP contribution in [0.5, 0.6) is 5.75 Å². The fourth-order valence-corrected chi connectivity index (χ4v) is 1.93. The van der Waals surface area contributed by atoms with Crippen molar-refractivity contribution >= 4 is 16.9 Å². The number of hydrogen-bond acceptors (Lipinski definition) is 3. The van der Waals surface area contributed by atoms with Gasteiger partial charge < -0.3 is 9.84 Å². The number of aromatic carboxylic acids is 1. The molecular formula is C14H11F2NO3. The number of rotatable bonds is 4. The van der Waals surface area contributed by atoms with Crippen LogP contribution in [0.2, 0.25) is 0 Å². The molecule has 2 aromatic rings. The average Bonchev–Trinajstić information content (AvgIpc) is 3.21. The highest BCUT2D eigenvalue weighted by atomic mass is 19.3. The Morgan fingerprint density at radius 2 is 2.10 bits per heavy atom. The Bertz CT molecular complexity index is 683. The largest absolute Gasteiger partial charge is 0.488 e. The molecule has 1 fully saturated rings. The highest BCUT2D eigenvalue weighted by Gasteiger charge is 2.25. The number of alkyl halides is 2. The summed E-state index contributed by atoms with van der Waals surface area (Å²) in [6, 6.07) is 3.97. The molecule has 0 atom stereocenters. The minimum absolute atomic E-state index is 0.00127. The smallest absolute Gasteiger partial charge is 0.335 e. The van der Waals surface area contributed by atoms with Gasteiger partial charge in [0, 0.05) is 17.1 Å². The maximum absolute atomic E-state index is 12.7. The van der Waals surface area contributed by atoms with E-state index in [0.717, 1.165) is 19.0 Å². The number of halogens is 2. The van der Waals surface area contributed by atoms with Gasteiger partial charge in [-0.2, -0.15) is 0 Å². The molecule has 1 aliphatic rings. The fourth-order valence-electron chi connectivity index (χ4n) is 1.93. The second-order valence-corrected chi connectivity index (χ2v) is 4.74. The van der Waals surface area contributed by atoms with Gasteiger partial charge in [-0.15, -0.1) is 0 Å². The third-order valence-electron chi connectivity index (χ3n) is 3.09. The van der Waals surface area contributed by atoms with Crippen LogP contribution >= 0.6 is 0 Å². The van der Waals surface area contributed by atoms with Gasteiger partial charge in [-0.05, 0) is 31.0 Å². The van der Waals surface area contributed by atoms with Crippen molar-refractivity contribution in [2.75, 3.05) is 0 Å². The van der Waals surface area contributed by atoms with Gasteiger partial charge in [-0.25, -0.2) is 13.6 Å². The number of fused-ring (bicyclic) bond motifs is 1. The molecule has 0 spiro atoms. The molecule has 0 saturated heterocycles. The molecule has 1 N–H and O–H groups in total. The first-order valence-electron chi connectivity index (χ1n) is 6.16. The van der Waals surface area contributed by atoms with Crippen LogP contribution in [0.25, 0.3) is 10.9 Å². The maximum atomic E-state index is 12.7. The molecule has 0 amide bonds. The van der Waals surface area contributed by atoms with Gasteiger partial charge in [0.15, 0.2) is 0 Å². The Kier molecular flexibility index (Phi) is 3.00. The van der Waals surface area contributed by atoms with Crippen molar-refractivity contribution < 1.29 is 23.4 Å². The number of ether oxygens (including phenoxy) is 1. The third-order valence-corrected chi connectivity index (χ3v) is 3.09. The molecular weight excluding hydrogens is 268 g/mol. The zero-order valence-electron chi connectivity index (χ0n) is 10.3. The summed E-state index contributed by atoms with van der Waals surface area (Å²) in [4.78, 5) is 15.1. The van der Waals surface area contributed by atoms with E-state index in [0.29, 0.717) is 16.7 Å². The van der Waals surface area contributed by atoms with Crippen LogP contribution in [0.3, 0.4) is 0 Å². The van der Waals surface area contributed by atoms with E-state index < -0.39 is 12.4 Å². The van der Waals surface area contributed by atoms with E-state index >= 15 is 0 Å². The molecule has 0 unspecified atom stereocenters. The van der Waals surface area contributed by atoms with Gasteiger partial charge in [0.2, 0.25) is 0 Å². The topological polar surface area (TPSA) is 59.4 Å². The van der Waals surface area contributed by atoms with Gasteiger partial charge in [0.1, 0.15) is 11.3 Å². The minimum atomic E-state index is -2.65. The van der Waals surface area contributed by atoms with Crippen molar-refractivity contribution in [1.82, 2.24) is 4.98 Å². The molecule has 0 bridgehead atoms. The van der Waals surface area contributed by atoms with Crippen LogP contribution in [0, 0.1) is 0 Å². The van der Waals surface area contributed by atoms with E-state index in [9.17, 15) is 13.6 Å². The van der Waals surface area contributed by atoms with Crippen molar-refractivity contribution in [2.45, 2.75) is 25.4 Å². The summed E-state index contributed by atoms with van der Waals surface area (Å²) in [5.41, 5.74) is 0.171. The van der Waals surface area contributed by atoms with Gasteiger partial charge in [-0.1, -0.05) is 0 Å². The molecule has 1 aromatic heterocycles. The van der Waals surface area contributed by atoms with E-state index in [1.807, 2.05) is 0 Å². The van der Waals surface area contributed by atoms with Crippen molar-refractivity contribution in [3.63, 3.8) is 0 Å². The number of nitrogens with zero attached hydrogens (tertiary/aromatic N) is 1. The first kappa shape index (κ1) is 12.8. The summed E-state index contributed by atoms with van der Waals surface area (Å²) in [7, 11) is 0. The van der Waals surface area contributed by atoms with Crippen molar-refractivity contribution in [2.24, 2.45) is 0 Å². The summed E-state index contributed by atoms with van der Waals surface area (Å²) < 4.78 is 31.0. The van der Waals surface area contributed by atoms with E-state index in [2.05, 4.69) is 4.98 Å². The van der Waals surface area contributed by atoms with Gasteiger partial charge >= 0.3 is 5.97 Å². The summed E-state index contributed by atoms with van der Waals surface area (Å²) >= 11 is 0. The number of benzene rings is 1. The predicted octanol–water partition coefficient (Wildman–Crippen LogP) is 3.41. The monoisotopic (exact) mass is 279 g/mol. The molecule has 0 radical (unpaired) electrons. The molecule has 104 valence electrons. The summed E-state index contributed by atoms with van der Waals surface area (Å²) in [5.74, 6) is -0.793. The van der Waals surface area contributed by atoms with Crippen LogP contribution in [-0.2, 0) is 0 Å². The van der Waals surface area contributed by atoms with Crippen LogP contribution < -0.4 is 4.74 Å². The lowest BCUT2D eigenvalue weighted by molar-refractivity contribution is 0.0696. The van der Waals surface area contributed by atoms with Crippen molar-refractivity contribution in [1.29, 1.82) is 0 Å². The number of pyridine rings is 1. The lowest BCUT2D eigenvalue weighted by Crippen LogP contribution is -2.02. The van der Waals surface area contributed by atoms with Gasteiger partial charge in [0.05, 0.1) is 11.7 Å². The lowest BCUT2D eigenvalue weighted by Gasteiger charge is -2.10. The highest BCUT2D eigenvalue weighted by molar-refractivity contribution is 5.96. The molecule has 6 heteroatoms. The Hall–Kier alpha value is -2.24. The Morgan fingerprint density at radius 1 is 1.35 bits per heavy atom. The molecule has 1 aromatic carbocycles. The first-order chi connectivity index (χ1) is 9.54. The van der Waals surface area contributed by atoms with E-state index in [1.165, 1.54) is 18.2 Å². The van der Waals surface area contributed by atoms with Gasteiger partial charge in [-0.3, -0.25) is 4.98 Å². The van der Waals surface area contributed by atoms with Crippen LogP contribution in [0.1, 0.15) is 35.2 Å². The summed E-state index contributed by atoms with van der Waals surface area (Å²) in [6.07, 6.45) is 0.335. The number of carboxylic acid groups (broad SMARTS) is 1. The van der Waals surface area contributed by atoms with E-state index in [4.69, 9.17) is 9.84 Å². The number of aromatic nitrogens is 1. The molecule has 1 aliphatic carbocycles. The van der Waals surface area contributed by atoms with E-state index in [1.54, 1.807) is 0 Å². The second-order valence-electron chi connectivity index (χ2n) is 4.74. The number of carboxylic acids is 1. The molecule has 1 heterocycles. The molecule has 3 rings (SSSR count). The number of hydrogen-bond donors (Lipinski definition) is 1. The molecule has 4 nitrogen and oxygen atoms in total. The predicted molar refractivity (Wildman–Crippen MR) is 67.3 cm³/mol. The SMILES string of the molecule is O=C(O)c1cc(OC2CC2)c2ncc(C(F)F)cc2c1. The zero-order valence-corrected chi connectivity index (χ0v) is 10.3. The average molecular weight is 279 g/mol. The highest BCUT2D eigenvalue weighted by Crippen LogP contribution is 2.33. The standard InChI is InChI=1S/C14H11F2NO3/c15-13(16)9-4-7-3-8(14(18)19)5-11(12(7)17-6-9)20-10-1-2-10/h3-6,10,13H,1-2H2,(H,18,19). The third kappa shape index (κ3) is 2.41. The molecule has 20 heavy (non-hydrogen) atoms. The van der Waals surface area contributed by atoms with Crippen LogP contribution in [-0.4, -0.2) is 22.2 Å². The Labute approximate surface area is 113 Å². The van der Waals surface area contributed by atoms with Crippen molar-refractivity contribution in [3.05, 3.63) is 35.5 Å². The minimum Gasteiger partial charge on any atom is -0.488 e. The zero-order chi connectivity index (χ0) is 14.3. The second kappa shape index (κ2) is 4.70. The Balaban J connectivity index is 2.16. The normalized spacial score (nSPS) is 14.8. The van der Waals surface area contributed by atoms with Crippen molar-refractivity contribution in [3.8, 4) is 5.75 Å². The fraction of sp³-hybridized carbons (Fsp3) is 0.286. The van der Waals surface area contributed by atoms with Crippen LogP contribution in [0.4, 0.5) is 8.78 Å². The summed E-state index contributed by atoms with van der Waals surface area (Å²) in [6.45, 7) is 0.